The Hall–Kier alpha value is -5.88. The SMILES string of the molecule is CCCCCCCOc1ccc(-c2cnc(-c3ccc(C[C@H](NC(=O)c4cnn(C(C)(C)C)c4)C(=O)NC(C(=O)O)C(O)c4ccccc4)cc3)nc2)cc1. The van der Waals surface area contributed by atoms with E-state index in [2.05, 4.69) is 32.6 Å². The first kappa shape index (κ1) is 40.3. The van der Waals surface area contributed by atoms with Crippen LogP contribution >= 0.6 is 0 Å². The zero-order valence-corrected chi connectivity index (χ0v) is 31.8. The van der Waals surface area contributed by atoms with Crippen LogP contribution in [0, 0.1) is 0 Å². The number of carbonyl (C=O) groups excluding carboxylic acids is 2. The van der Waals surface area contributed by atoms with Gasteiger partial charge in [0.1, 0.15) is 17.9 Å². The number of hydrogen-bond donors (Lipinski definition) is 4. The standard InChI is InChI=1S/C43H50N6O6/c1-5-6-7-8-12-23-55-35-21-19-30(20-22-35)33-25-44-39(45-26-33)32-17-15-29(16-18-32)24-36(47-40(51)34-27-46-49(28-34)43(2,3)4)41(52)48-37(42(53)54)38(50)31-13-10-9-11-14-31/h9-11,13-22,25-28,36-38,50H,5-8,12,23-24H2,1-4H3,(H,47,51)(H,48,52)(H,53,54)/t36-,37?,38?/m0/s1. The van der Waals surface area contributed by atoms with Crippen molar-refractivity contribution in [3.63, 3.8) is 0 Å². The summed E-state index contributed by atoms with van der Waals surface area (Å²) in [6.07, 6.45) is 11.0. The molecule has 0 saturated carbocycles. The summed E-state index contributed by atoms with van der Waals surface area (Å²) >= 11 is 0. The lowest BCUT2D eigenvalue weighted by molar-refractivity contribution is -0.145. The van der Waals surface area contributed by atoms with E-state index in [0.29, 0.717) is 23.6 Å². The minimum Gasteiger partial charge on any atom is -0.494 e. The molecule has 12 nitrogen and oxygen atoms in total. The molecule has 0 aliphatic carbocycles. The number of carboxylic acid groups (broad SMARTS) is 1. The molecule has 0 radical (unpaired) electrons. The zero-order valence-electron chi connectivity index (χ0n) is 31.8. The lowest BCUT2D eigenvalue weighted by atomic mass is 10.00. The monoisotopic (exact) mass is 746 g/mol. The molecule has 2 aromatic heterocycles. The lowest BCUT2D eigenvalue weighted by Gasteiger charge is -2.24. The largest absolute Gasteiger partial charge is 0.494 e. The van der Waals surface area contributed by atoms with Crippen molar-refractivity contribution < 1.29 is 29.3 Å². The highest BCUT2D eigenvalue weighted by Crippen LogP contribution is 2.24. The molecule has 5 aromatic rings. The molecule has 2 unspecified atom stereocenters. The fraction of sp³-hybridized carbons (Fsp3) is 0.349. The van der Waals surface area contributed by atoms with Gasteiger partial charge in [-0.1, -0.05) is 99.3 Å². The minimum atomic E-state index is -1.67. The number of aliphatic hydroxyl groups is 1. The third kappa shape index (κ3) is 11.3. The second-order valence-electron chi connectivity index (χ2n) is 14.5. The highest BCUT2D eigenvalue weighted by atomic mass is 16.5. The molecule has 0 aliphatic heterocycles. The summed E-state index contributed by atoms with van der Waals surface area (Å²) in [5.74, 6) is -1.42. The lowest BCUT2D eigenvalue weighted by Crippen LogP contribution is -2.54. The van der Waals surface area contributed by atoms with Gasteiger partial charge in [-0.2, -0.15) is 5.10 Å². The number of aliphatic carboxylic acids is 1. The molecule has 0 bridgehead atoms. The Bertz CT molecular complexity index is 1990. The van der Waals surface area contributed by atoms with Crippen molar-refractivity contribution in [2.24, 2.45) is 0 Å². The summed E-state index contributed by atoms with van der Waals surface area (Å²) in [4.78, 5) is 48.5. The summed E-state index contributed by atoms with van der Waals surface area (Å²) in [6.45, 7) is 8.73. The number of rotatable bonds is 18. The maximum atomic E-state index is 13.7. The fourth-order valence-electron chi connectivity index (χ4n) is 5.92. The van der Waals surface area contributed by atoms with E-state index in [-0.39, 0.29) is 17.5 Å². The van der Waals surface area contributed by atoms with Crippen LogP contribution in [0.25, 0.3) is 22.5 Å². The van der Waals surface area contributed by atoms with Crippen molar-refractivity contribution in [3.05, 3.63) is 120 Å². The normalized spacial score (nSPS) is 13.0. The zero-order chi connectivity index (χ0) is 39.4. The molecule has 288 valence electrons. The molecule has 3 atom stereocenters. The molecule has 2 amide bonds. The Balaban J connectivity index is 1.27. The van der Waals surface area contributed by atoms with Crippen LogP contribution < -0.4 is 15.4 Å². The summed E-state index contributed by atoms with van der Waals surface area (Å²) in [7, 11) is 0. The van der Waals surface area contributed by atoms with E-state index in [0.717, 1.165) is 28.9 Å². The van der Waals surface area contributed by atoms with Crippen molar-refractivity contribution in [1.82, 2.24) is 30.4 Å². The van der Waals surface area contributed by atoms with Gasteiger partial charge in [-0.25, -0.2) is 14.8 Å². The summed E-state index contributed by atoms with van der Waals surface area (Å²) in [6, 6.07) is 20.5. The highest BCUT2D eigenvalue weighted by molar-refractivity contribution is 5.98. The number of aromatic nitrogens is 4. The van der Waals surface area contributed by atoms with Gasteiger partial charge in [0.15, 0.2) is 11.9 Å². The molecular formula is C43H50N6O6. The van der Waals surface area contributed by atoms with E-state index < -0.39 is 36.0 Å². The summed E-state index contributed by atoms with van der Waals surface area (Å²) < 4.78 is 7.54. The van der Waals surface area contributed by atoms with Gasteiger partial charge in [-0.15, -0.1) is 0 Å². The summed E-state index contributed by atoms with van der Waals surface area (Å²) in [5.41, 5.74) is 3.44. The molecular weight excluding hydrogens is 697 g/mol. The third-order valence-electron chi connectivity index (χ3n) is 9.18. The number of unbranched alkanes of at least 4 members (excludes halogenated alkanes) is 4. The van der Waals surface area contributed by atoms with Crippen LogP contribution in [0.1, 0.15) is 87.4 Å². The third-order valence-corrected chi connectivity index (χ3v) is 9.18. The first-order valence-corrected chi connectivity index (χ1v) is 18.7. The quantitative estimate of drug-likeness (QED) is 0.0709. The smallest absolute Gasteiger partial charge is 0.329 e. The van der Waals surface area contributed by atoms with Gasteiger partial charge < -0.3 is 25.6 Å². The second kappa shape index (κ2) is 18.9. The fourth-order valence-corrected chi connectivity index (χ4v) is 5.92. The first-order valence-electron chi connectivity index (χ1n) is 18.7. The number of ether oxygens (including phenoxy) is 1. The van der Waals surface area contributed by atoms with Gasteiger partial charge in [0.25, 0.3) is 5.91 Å². The van der Waals surface area contributed by atoms with E-state index in [1.165, 1.54) is 31.9 Å². The van der Waals surface area contributed by atoms with Crippen molar-refractivity contribution >= 4 is 17.8 Å². The Morgan fingerprint density at radius 2 is 1.45 bits per heavy atom. The number of benzene rings is 3. The van der Waals surface area contributed by atoms with Gasteiger partial charge in [0.2, 0.25) is 5.91 Å². The number of aliphatic hydroxyl groups excluding tert-OH is 1. The van der Waals surface area contributed by atoms with Crippen molar-refractivity contribution in [2.75, 3.05) is 6.61 Å². The molecule has 0 aliphatic rings. The number of nitrogens with zero attached hydrogens (tertiary/aromatic N) is 4. The van der Waals surface area contributed by atoms with Gasteiger partial charge in [-0.3, -0.25) is 14.3 Å². The van der Waals surface area contributed by atoms with E-state index in [9.17, 15) is 24.6 Å². The van der Waals surface area contributed by atoms with Crippen LogP contribution in [0.5, 0.6) is 5.75 Å². The molecule has 0 saturated heterocycles. The van der Waals surface area contributed by atoms with Gasteiger partial charge in [0.05, 0.1) is 23.9 Å². The number of amides is 2. The first-order chi connectivity index (χ1) is 26.4. The highest BCUT2D eigenvalue weighted by Gasteiger charge is 2.33. The van der Waals surface area contributed by atoms with Gasteiger partial charge in [0, 0.05) is 36.1 Å². The Labute approximate surface area is 322 Å². The molecule has 12 heteroatoms. The molecule has 3 aromatic carbocycles. The topological polar surface area (TPSA) is 169 Å². The van der Waals surface area contributed by atoms with Crippen LogP contribution in [0.2, 0.25) is 0 Å². The molecule has 55 heavy (non-hydrogen) atoms. The maximum Gasteiger partial charge on any atom is 0.329 e. The molecule has 0 spiro atoms. The Morgan fingerprint density at radius 3 is 2.07 bits per heavy atom. The van der Waals surface area contributed by atoms with Crippen molar-refractivity contribution in [3.8, 4) is 28.3 Å². The van der Waals surface area contributed by atoms with Crippen LogP contribution in [0.15, 0.2) is 104 Å². The Morgan fingerprint density at radius 1 is 0.800 bits per heavy atom. The molecule has 4 N–H and O–H groups in total. The number of carboxylic acids is 1. The van der Waals surface area contributed by atoms with Crippen LogP contribution in [0.4, 0.5) is 0 Å². The number of nitrogens with one attached hydrogen (secondary N) is 2. The number of hydrogen-bond acceptors (Lipinski definition) is 8. The predicted octanol–water partition coefficient (Wildman–Crippen LogP) is 6.76. The van der Waals surface area contributed by atoms with E-state index >= 15 is 0 Å². The average Bonchev–Trinajstić information content (AvgIpc) is 3.71. The average molecular weight is 747 g/mol. The molecule has 5 rings (SSSR count). The van der Waals surface area contributed by atoms with Crippen LogP contribution in [-0.2, 0) is 21.5 Å². The minimum absolute atomic E-state index is 0.0252. The summed E-state index contributed by atoms with van der Waals surface area (Å²) in [5, 5.41) is 30.3. The maximum absolute atomic E-state index is 13.7. The molecule has 0 fully saturated rings. The second-order valence-corrected chi connectivity index (χ2v) is 14.5. The Kier molecular flexibility index (Phi) is 13.9. The van der Waals surface area contributed by atoms with Crippen molar-refractivity contribution in [1.29, 1.82) is 0 Å². The van der Waals surface area contributed by atoms with E-state index in [1.807, 2.05) is 57.2 Å². The van der Waals surface area contributed by atoms with Crippen molar-refractivity contribution in [2.45, 2.75) is 89.9 Å². The van der Waals surface area contributed by atoms with Crippen LogP contribution in [0.3, 0.4) is 0 Å². The van der Waals surface area contributed by atoms with Gasteiger partial charge in [-0.05, 0) is 56.0 Å². The van der Waals surface area contributed by atoms with E-state index in [1.54, 1.807) is 65.7 Å². The van der Waals surface area contributed by atoms with E-state index in [4.69, 9.17) is 4.74 Å². The van der Waals surface area contributed by atoms with Gasteiger partial charge >= 0.3 is 5.97 Å². The predicted molar refractivity (Wildman–Crippen MR) is 210 cm³/mol. The van der Waals surface area contributed by atoms with Crippen LogP contribution in [-0.4, -0.2) is 66.4 Å². The number of carbonyl (C=O) groups is 3. The molecule has 2 heterocycles.